The second-order valence-electron chi connectivity index (χ2n) is 4.93. The molecule has 0 bridgehead atoms. The van der Waals surface area contributed by atoms with E-state index in [4.69, 9.17) is 5.14 Å². The molecule has 4 N–H and O–H groups in total. The van der Waals surface area contributed by atoms with Gasteiger partial charge in [-0.15, -0.1) is 0 Å². The minimum atomic E-state index is -3.74. The molecule has 0 amide bonds. The van der Waals surface area contributed by atoms with Gasteiger partial charge in [-0.05, 0) is 49.2 Å². The Labute approximate surface area is 124 Å². The van der Waals surface area contributed by atoms with Crippen LogP contribution in [0, 0.1) is 6.92 Å². The first-order valence-electron chi connectivity index (χ1n) is 6.47. The van der Waals surface area contributed by atoms with Crippen LogP contribution >= 0.6 is 0 Å². The lowest BCUT2D eigenvalue weighted by molar-refractivity contribution is 0.475. The predicted molar refractivity (Wildman–Crippen MR) is 82.7 cm³/mol. The van der Waals surface area contributed by atoms with E-state index in [9.17, 15) is 13.5 Å². The Bertz CT molecular complexity index is 740. The van der Waals surface area contributed by atoms with Crippen LogP contribution in [0.2, 0.25) is 0 Å². The number of hydrogen-bond acceptors (Lipinski definition) is 4. The summed E-state index contributed by atoms with van der Waals surface area (Å²) < 4.78 is 23.0. The molecule has 0 spiro atoms. The summed E-state index contributed by atoms with van der Waals surface area (Å²) in [5.74, 6) is 0.207. The summed E-state index contributed by atoms with van der Waals surface area (Å²) in [6, 6.07) is 11.8. The fourth-order valence-corrected chi connectivity index (χ4v) is 2.96. The van der Waals surface area contributed by atoms with Crippen molar-refractivity contribution in [3.63, 3.8) is 0 Å². The van der Waals surface area contributed by atoms with Crippen LogP contribution in [0.25, 0.3) is 0 Å². The van der Waals surface area contributed by atoms with E-state index in [2.05, 4.69) is 5.32 Å². The second-order valence-corrected chi connectivity index (χ2v) is 6.46. The lowest BCUT2D eigenvalue weighted by Gasteiger charge is -2.18. The van der Waals surface area contributed by atoms with E-state index in [1.807, 2.05) is 19.1 Å². The molecular weight excluding hydrogens is 288 g/mol. The van der Waals surface area contributed by atoms with Gasteiger partial charge in [-0.3, -0.25) is 0 Å². The van der Waals surface area contributed by atoms with Crippen molar-refractivity contribution in [2.45, 2.75) is 24.8 Å². The van der Waals surface area contributed by atoms with Gasteiger partial charge in [0.25, 0.3) is 0 Å². The third kappa shape index (κ3) is 3.53. The van der Waals surface area contributed by atoms with Gasteiger partial charge in [0.2, 0.25) is 10.0 Å². The molecular formula is C15H18N2O3S. The molecule has 2 rings (SSSR count). The molecule has 0 radical (unpaired) electrons. The molecule has 0 heterocycles. The SMILES string of the molecule is Cc1c(NC(C)c2ccc(O)cc2)cccc1S(N)(=O)=O. The van der Waals surface area contributed by atoms with Crippen LogP contribution in [0.1, 0.15) is 24.1 Å². The Balaban J connectivity index is 2.30. The summed E-state index contributed by atoms with van der Waals surface area (Å²) in [5.41, 5.74) is 2.28. The quantitative estimate of drug-likeness (QED) is 0.809. The van der Waals surface area contributed by atoms with E-state index in [-0.39, 0.29) is 16.7 Å². The summed E-state index contributed by atoms with van der Waals surface area (Å²) in [4.78, 5) is 0.116. The molecule has 0 fully saturated rings. The Kier molecular flexibility index (Phi) is 4.20. The zero-order chi connectivity index (χ0) is 15.6. The topological polar surface area (TPSA) is 92.4 Å². The summed E-state index contributed by atoms with van der Waals surface area (Å²) in [7, 11) is -3.74. The molecule has 6 heteroatoms. The van der Waals surface area contributed by atoms with Gasteiger partial charge in [0.05, 0.1) is 4.90 Å². The van der Waals surface area contributed by atoms with Crippen molar-refractivity contribution in [1.29, 1.82) is 0 Å². The van der Waals surface area contributed by atoms with Gasteiger partial charge in [0.1, 0.15) is 5.75 Å². The second kappa shape index (κ2) is 5.75. The summed E-state index contributed by atoms with van der Waals surface area (Å²) in [5, 5.41) is 17.8. The minimum Gasteiger partial charge on any atom is -0.508 e. The van der Waals surface area contributed by atoms with Crippen LogP contribution in [0.5, 0.6) is 5.75 Å². The smallest absolute Gasteiger partial charge is 0.238 e. The zero-order valence-corrected chi connectivity index (χ0v) is 12.7. The third-order valence-electron chi connectivity index (χ3n) is 3.36. The summed E-state index contributed by atoms with van der Waals surface area (Å²) in [6.07, 6.45) is 0. The lowest BCUT2D eigenvalue weighted by Crippen LogP contribution is -2.15. The van der Waals surface area contributed by atoms with E-state index >= 15 is 0 Å². The van der Waals surface area contributed by atoms with Crippen LogP contribution in [-0.4, -0.2) is 13.5 Å². The van der Waals surface area contributed by atoms with Crippen LogP contribution in [0.3, 0.4) is 0 Å². The van der Waals surface area contributed by atoms with Crippen molar-refractivity contribution >= 4 is 15.7 Å². The number of nitrogens with two attached hydrogens (primary N) is 1. The van der Waals surface area contributed by atoms with Crippen LogP contribution < -0.4 is 10.5 Å². The Morgan fingerprint density at radius 1 is 1.14 bits per heavy atom. The van der Waals surface area contributed by atoms with Crippen LogP contribution in [0.4, 0.5) is 5.69 Å². The first-order chi connectivity index (χ1) is 9.79. The molecule has 0 aliphatic heterocycles. The molecule has 112 valence electrons. The summed E-state index contributed by atoms with van der Waals surface area (Å²) >= 11 is 0. The number of nitrogens with one attached hydrogen (secondary N) is 1. The molecule has 0 saturated carbocycles. The first-order valence-corrected chi connectivity index (χ1v) is 8.01. The van der Waals surface area contributed by atoms with Gasteiger partial charge in [0.15, 0.2) is 0 Å². The van der Waals surface area contributed by atoms with Gasteiger partial charge in [0, 0.05) is 11.7 Å². The highest BCUT2D eigenvalue weighted by atomic mass is 32.2. The molecule has 0 aliphatic carbocycles. The Hall–Kier alpha value is -2.05. The van der Waals surface area contributed by atoms with Gasteiger partial charge in [-0.25, -0.2) is 13.6 Å². The van der Waals surface area contributed by atoms with Crippen LogP contribution in [-0.2, 0) is 10.0 Å². The maximum Gasteiger partial charge on any atom is 0.238 e. The minimum absolute atomic E-state index is 0.0416. The fraction of sp³-hybridized carbons (Fsp3) is 0.200. The maximum absolute atomic E-state index is 11.5. The number of anilines is 1. The number of phenols is 1. The lowest BCUT2D eigenvalue weighted by atomic mass is 10.1. The van der Waals surface area contributed by atoms with Gasteiger partial charge in [-0.2, -0.15) is 0 Å². The Morgan fingerprint density at radius 3 is 2.33 bits per heavy atom. The van der Waals surface area contributed by atoms with Gasteiger partial charge in [-0.1, -0.05) is 18.2 Å². The number of hydrogen-bond donors (Lipinski definition) is 3. The van der Waals surface area contributed by atoms with Gasteiger partial charge < -0.3 is 10.4 Å². The van der Waals surface area contributed by atoms with Crippen molar-refractivity contribution < 1.29 is 13.5 Å². The normalized spacial score (nSPS) is 12.9. The zero-order valence-electron chi connectivity index (χ0n) is 11.9. The average Bonchev–Trinajstić information content (AvgIpc) is 2.40. The molecule has 0 aliphatic rings. The van der Waals surface area contributed by atoms with E-state index in [0.717, 1.165) is 5.56 Å². The largest absolute Gasteiger partial charge is 0.508 e. The monoisotopic (exact) mass is 306 g/mol. The molecule has 0 saturated heterocycles. The van der Waals surface area contributed by atoms with E-state index in [1.54, 1.807) is 31.2 Å². The molecule has 2 aromatic rings. The van der Waals surface area contributed by atoms with E-state index < -0.39 is 10.0 Å². The highest BCUT2D eigenvalue weighted by Gasteiger charge is 2.15. The van der Waals surface area contributed by atoms with Crippen molar-refractivity contribution in [3.05, 3.63) is 53.6 Å². The number of sulfonamides is 1. The predicted octanol–water partition coefficient (Wildman–Crippen LogP) is 2.52. The first kappa shape index (κ1) is 15.3. The van der Waals surface area contributed by atoms with Crippen molar-refractivity contribution in [1.82, 2.24) is 0 Å². The number of benzene rings is 2. The van der Waals surface area contributed by atoms with E-state index in [0.29, 0.717) is 11.3 Å². The molecule has 2 aromatic carbocycles. The Morgan fingerprint density at radius 2 is 1.76 bits per heavy atom. The number of aromatic hydroxyl groups is 1. The molecule has 0 aromatic heterocycles. The average molecular weight is 306 g/mol. The highest BCUT2D eigenvalue weighted by Crippen LogP contribution is 2.26. The molecule has 1 atom stereocenters. The number of primary sulfonamides is 1. The molecule has 1 unspecified atom stereocenters. The molecule has 21 heavy (non-hydrogen) atoms. The summed E-state index contributed by atoms with van der Waals surface area (Å²) in [6.45, 7) is 3.67. The number of rotatable bonds is 4. The fourth-order valence-electron chi connectivity index (χ4n) is 2.16. The van der Waals surface area contributed by atoms with Crippen molar-refractivity contribution in [2.24, 2.45) is 5.14 Å². The van der Waals surface area contributed by atoms with Gasteiger partial charge >= 0.3 is 0 Å². The third-order valence-corrected chi connectivity index (χ3v) is 4.41. The molecule has 5 nitrogen and oxygen atoms in total. The number of phenolic OH excluding ortho intramolecular Hbond substituents is 1. The highest BCUT2D eigenvalue weighted by molar-refractivity contribution is 7.89. The van der Waals surface area contributed by atoms with Crippen LogP contribution in [0.15, 0.2) is 47.4 Å². The maximum atomic E-state index is 11.5. The van der Waals surface area contributed by atoms with E-state index in [1.165, 1.54) is 6.07 Å². The van der Waals surface area contributed by atoms with Crippen molar-refractivity contribution in [2.75, 3.05) is 5.32 Å². The standard InChI is InChI=1S/C15H18N2O3S/c1-10-14(4-3-5-15(10)21(16,19)20)17-11(2)12-6-8-13(18)9-7-12/h3-9,11,17-18H,1-2H3,(H2,16,19,20). The van der Waals surface area contributed by atoms with Crippen molar-refractivity contribution in [3.8, 4) is 5.75 Å².